The lowest BCUT2D eigenvalue weighted by molar-refractivity contribution is -0.124. The number of carboxylic acid groups (broad SMARTS) is 1. The molecule has 6 fully saturated rings. The van der Waals surface area contributed by atoms with Gasteiger partial charge in [0.25, 0.3) is 0 Å². The topological polar surface area (TPSA) is 360 Å². The van der Waals surface area contributed by atoms with Gasteiger partial charge < -0.3 is 63.7 Å². The van der Waals surface area contributed by atoms with Crippen molar-refractivity contribution in [3.63, 3.8) is 0 Å². The molecule has 0 bridgehead atoms. The third-order valence-corrected chi connectivity index (χ3v) is 17.3. The van der Waals surface area contributed by atoms with Crippen LogP contribution in [0.25, 0.3) is 0 Å². The van der Waals surface area contributed by atoms with E-state index in [9.17, 15) is 68.4 Å². The fourth-order valence-corrected chi connectivity index (χ4v) is 13.2. The quantitative estimate of drug-likeness (QED) is 0.0472. The van der Waals surface area contributed by atoms with Crippen molar-refractivity contribution in [2.75, 3.05) is 75.8 Å². The molecule has 8 aliphatic rings. The van der Waals surface area contributed by atoms with E-state index in [4.69, 9.17) is 49.3 Å². The number of phosphoric acid groups is 2. The molecule has 420 valence electrons. The number of anilines is 2. The zero-order valence-corrected chi connectivity index (χ0v) is 43.0. The minimum Gasteiger partial charge on any atom is -0.478 e. The van der Waals surface area contributed by atoms with Crippen molar-refractivity contribution in [2.24, 2.45) is 47.3 Å². The Morgan fingerprint density at radius 3 is 1.54 bits per heavy atom. The number of aromatic carboxylic acids is 1. The normalized spacial score (nSPS) is 41.1. The molecule has 0 aromatic heterocycles. The lowest BCUT2D eigenvalue weighted by Gasteiger charge is -2.31. The Morgan fingerprint density at radius 2 is 1.09 bits per heavy atom. The molecule has 13 unspecified atom stereocenters. The van der Waals surface area contributed by atoms with Gasteiger partial charge in [0.05, 0.1) is 102 Å². The molecule has 0 saturated carbocycles. The average molecular weight is 1120 g/mol. The van der Waals surface area contributed by atoms with Gasteiger partial charge in [-0.15, -0.1) is 0 Å². The Bertz CT molecular complexity index is 2600. The number of ether oxygens (including phenoxy) is 6. The predicted molar refractivity (Wildman–Crippen MR) is 256 cm³/mol. The smallest absolute Gasteiger partial charge is 0.472 e. The van der Waals surface area contributed by atoms with Gasteiger partial charge in [0.2, 0.25) is 23.6 Å². The molecule has 1 aromatic carbocycles. The summed E-state index contributed by atoms with van der Waals surface area (Å²) in [5.41, 5.74) is -0.868. The van der Waals surface area contributed by atoms with E-state index in [1.807, 2.05) is 0 Å². The number of aliphatic hydroxyl groups is 4. The van der Waals surface area contributed by atoms with Crippen LogP contribution >= 0.6 is 15.6 Å². The maximum Gasteiger partial charge on any atom is 0.472 e. The summed E-state index contributed by atoms with van der Waals surface area (Å²) in [6.45, 7) is -1.83. The van der Waals surface area contributed by atoms with Gasteiger partial charge in [-0.25, -0.2) is 23.7 Å². The monoisotopic (exact) mass is 1120 g/mol. The number of hydrogen-bond acceptors (Lipinski definition) is 21. The summed E-state index contributed by atoms with van der Waals surface area (Å²) in [4.78, 5) is 93.8. The molecule has 9 rings (SSSR count). The second kappa shape index (κ2) is 23.5. The minimum atomic E-state index is -4.92. The number of carbonyl (C=O) groups is 5. The van der Waals surface area contributed by atoms with Crippen molar-refractivity contribution in [1.29, 1.82) is 0 Å². The van der Waals surface area contributed by atoms with Crippen molar-refractivity contribution in [1.82, 2.24) is 0 Å². The van der Waals surface area contributed by atoms with Crippen LogP contribution in [0.4, 0.5) is 11.4 Å². The van der Waals surface area contributed by atoms with Gasteiger partial charge in [-0.2, -0.15) is 0 Å². The Kier molecular flexibility index (Phi) is 16.8. The lowest BCUT2D eigenvalue weighted by atomic mass is 9.71. The number of imide groups is 2. The Hall–Kier alpha value is -3.73. The van der Waals surface area contributed by atoms with Gasteiger partial charge in [-0.05, 0) is 55.2 Å². The summed E-state index contributed by atoms with van der Waals surface area (Å²) in [7, 11) is -9.79. The first-order valence-electron chi connectivity index (χ1n) is 26.2. The number of allylic oxidation sites excluding steroid dienone is 3. The maximum absolute atomic E-state index is 14.6. The van der Waals surface area contributed by atoms with Gasteiger partial charge in [-0.3, -0.25) is 37.3 Å². The molecule has 1 aromatic rings. The van der Waals surface area contributed by atoms with Crippen molar-refractivity contribution >= 4 is 56.6 Å². The first-order valence-corrected chi connectivity index (χ1v) is 28.0. The fraction of sp³-hybridized carbons (Fsp3) is 0.688. The van der Waals surface area contributed by atoms with E-state index >= 15 is 0 Å². The SMILES string of the molecule is [3H][C@@H]1C[C@@H](O)[C@@H](COP(=O)(O)O[C@@H]2C(OCC3C=CC(C)C4C(=O)N(c5cc(C(=O)O)cc(N6C(=O)C7C(C)C=CC(CCO[C@@H]8CO[C@H](CO)C8OP(=O)(O)OC[C@H]8O[C@@H]([3H])CC8O)C7C6=O)c5)C(=O)C34)CO[C@@H]2CO)O1. The number of aliphatic hydroxyl groups excluding tert-OH is 4. The third kappa shape index (κ3) is 11.8. The maximum atomic E-state index is 14.6. The van der Waals surface area contributed by atoms with E-state index in [0.717, 1.165) is 21.9 Å². The van der Waals surface area contributed by atoms with Gasteiger partial charge in [-0.1, -0.05) is 38.2 Å². The first-order chi connectivity index (χ1) is 37.0. The number of nitrogens with zero attached hydrogens (tertiary/aromatic N) is 2. The molecular weight excluding hydrogens is 1050 g/mol. The standard InChI is InChI=1S/C48H64N2O24P2/c1-23-3-5-25(7-10-67-36-19-69-32(16-51)42(36)73-75(61,62)71-21-34-30(53)8-11-65-34)40-38(23)44(55)49(46(40)57)28-13-27(48(59)60)14-29(15-28)50-45(56)39-24(2)4-6-26(41(39)47(50)58)18-68-37-20-70-33(17-52)43(37)74-76(63,64)72-22-35-31(54)9-12-66-35/h3-6,13-15,23-26,30-43,51-54H,7-12,16-22H2,1-2H3,(H,59,60)(H,61,62)(H,63,64)/t23?,24?,25?,26?,30?,31-,32-,33-,34-,35-,36-,37?,38?,39?,40?,41?,42?,43+/m1/s1/i11T,12T/t11-,12+,23?,24?,25?,26?,30?,31+,32+,33+,34+,35+,36+,37?,38?,39?,40?,41?,42?,43-/m0. The van der Waals surface area contributed by atoms with Crippen molar-refractivity contribution < 1.29 is 118 Å². The summed E-state index contributed by atoms with van der Waals surface area (Å²) in [5.74, 6) is -10.7. The number of hydrogen-bond donors (Lipinski definition) is 7. The molecule has 2 aliphatic carbocycles. The summed E-state index contributed by atoms with van der Waals surface area (Å²) >= 11 is 0. The largest absolute Gasteiger partial charge is 0.478 e. The van der Waals surface area contributed by atoms with Crippen LogP contribution in [0.15, 0.2) is 42.5 Å². The van der Waals surface area contributed by atoms with Crippen molar-refractivity contribution in [3.8, 4) is 0 Å². The summed E-state index contributed by atoms with van der Waals surface area (Å²) in [6, 6.07) is 3.42. The fourth-order valence-electron chi connectivity index (χ4n) is 11.3. The van der Waals surface area contributed by atoms with Crippen molar-refractivity contribution in [2.45, 2.75) is 94.1 Å². The number of carboxylic acids is 1. The molecule has 0 radical (unpaired) electrons. The summed E-state index contributed by atoms with van der Waals surface area (Å²) < 4.78 is 96.0. The molecule has 4 amide bonds. The van der Waals surface area contributed by atoms with E-state index < -0.39 is 199 Å². The van der Waals surface area contributed by atoms with Crippen LogP contribution in [0.5, 0.6) is 0 Å². The Labute approximate surface area is 438 Å². The van der Waals surface area contributed by atoms with E-state index in [1.165, 1.54) is 6.07 Å². The van der Waals surface area contributed by atoms with Crippen LogP contribution < -0.4 is 9.80 Å². The van der Waals surface area contributed by atoms with E-state index in [2.05, 4.69) is 0 Å². The second-order valence-corrected chi connectivity index (χ2v) is 22.9. The molecule has 22 atom stereocenters. The zero-order chi connectivity index (χ0) is 56.1. The zero-order valence-electron chi connectivity index (χ0n) is 43.2. The Balaban J connectivity index is 0.870. The molecule has 6 heterocycles. The minimum absolute atomic E-state index is 0.0207. The highest BCUT2D eigenvalue weighted by atomic mass is 31.2. The third-order valence-electron chi connectivity index (χ3n) is 15.3. The van der Waals surface area contributed by atoms with Crippen molar-refractivity contribution in [3.05, 3.63) is 48.1 Å². The second-order valence-electron chi connectivity index (χ2n) is 20.1. The number of fused-ring (bicyclic) bond motifs is 2. The summed E-state index contributed by atoms with van der Waals surface area (Å²) in [6.07, 6.45) is -4.40. The molecule has 28 heteroatoms. The van der Waals surface area contributed by atoms with E-state index in [0.29, 0.717) is 0 Å². The van der Waals surface area contributed by atoms with Gasteiger partial charge in [0, 0.05) is 25.7 Å². The summed E-state index contributed by atoms with van der Waals surface area (Å²) in [5, 5.41) is 50.5. The number of carbonyl (C=O) groups excluding carboxylic acids is 4. The highest BCUT2D eigenvalue weighted by Crippen LogP contribution is 2.51. The predicted octanol–water partition coefficient (Wildman–Crippen LogP) is 0.487. The molecule has 76 heavy (non-hydrogen) atoms. The molecular formula is C48H64N2O24P2. The first kappa shape index (κ1) is 54.2. The molecule has 6 aliphatic heterocycles. The Morgan fingerprint density at radius 1 is 0.645 bits per heavy atom. The van der Waals surface area contributed by atoms with Gasteiger partial charge in [0.15, 0.2) is 0 Å². The van der Waals surface area contributed by atoms with Crippen LogP contribution in [0, 0.1) is 47.3 Å². The molecule has 0 spiro atoms. The average Bonchev–Trinajstić information content (AvgIpc) is 4.41. The number of phosphoric ester groups is 2. The van der Waals surface area contributed by atoms with Gasteiger partial charge in [0.1, 0.15) is 48.8 Å². The molecule has 6 saturated heterocycles. The van der Waals surface area contributed by atoms with Gasteiger partial charge >= 0.3 is 21.6 Å². The van der Waals surface area contributed by atoms with Crippen LogP contribution in [-0.4, -0.2) is 192 Å². The van der Waals surface area contributed by atoms with Crippen LogP contribution in [0.1, 0.15) is 46.2 Å². The number of rotatable bonds is 22. The van der Waals surface area contributed by atoms with Crippen LogP contribution in [0.3, 0.4) is 0 Å². The van der Waals surface area contributed by atoms with E-state index in [-0.39, 0.29) is 57.1 Å². The van der Waals surface area contributed by atoms with E-state index in [1.54, 1.807) is 38.2 Å². The van der Waals surface area contributed by atoms with Crippen LogP contribution in [-0.2, 0) is 74.8 Å². The molecule has 7 N–H and O–H groups in total. The highest BCUT2D eigenvalue weighted by Gasteiger charge is 2.57. The molecule has 26 nitrogen and oxygen atoms in total. The number of benzene rings is 1. The highest BCUT2D eigenvalue weighted by molar-refractivity contribution is 7.47. The van der Waals surface area contributed by atoms with Crippen LogP contribution in [0.2, 0.25) is 0 Å². The lowest BCUT2D eigenvalue weighted by Crippen LogP contribution is -2.40. The number of amides is 4.